The molecule has 7 rings (SSSR count). The van der Waals surface area contributed by atoms with Crippen LogP contribution in [0.2, 0.25) is 10.0 Å². The summed E-state index contributed by atoms with van der Waals surface area (Å²) in [5.41, 5.74) is 7.74. The molecule has 5 aromatic rings. The lowest BCUT2D eigenvalue weighted by Crippen LogP contribution is -2.35. The Balaban J connectivity index is 1.09. The highest BCUT2D eigenvalue weighted by molar-refractivity contribution is 6.36. The van der Waals surface area contributed by atoms with Gasteiger partial charge in [-0.15, -0.1) is 0 Å². The van der Waals surface area contributed by atoms with Crippen LogP contribution in [0, 0.1) is 5.92 Å². The van der Waals surface area contributed by atoms with Gasteiger partial charge in [-0.25, -0.2) is 0 Å². The molecule has 1 amide bonds. The van der Waals surface area contributed by atoms with Crippen LogP contribution in [0.4, 0.5) is 0 Å². The average molecular weight is 755 g/mol. The van der Waals surface area contributed by atoms with E-state index >= 15 is 0 Å². The molecular formula is C42H45Cl2N5O4. The molecule has 2 fully saturated rings. The number of nitrogens with zero attached hydrogens (tertiary/aromatic N) is 3. The van der Waals surface area contributed by atoms with Gasteiger partial charge in [-0.3, -0.25) is 14.4 Å². The number of methoxy groups -OCH3 is 2. The number of hydrogen-bond acceptors (Lipinski definition) is 7. The second-order valence-corrected chi connectivity index (χ2v) is 14.8. The van der Waals surface area contributed by atoms with Gasteiger partial charge in [0.2, 0.25) is 5.91 Å². The molecule has 2 N–H and O–H groups in total. The van der Waals surface area contributed by atoms with Crippen LogP contribution in [0.25, 0.3) is 33.2 Å². The van der Waals surface area contributed by atoms with Gasteiger partial charge in [0.05, 0.1) is 37.5 Å². The van der Waals surface area contributed by atoms with Crippen LogP contribution in [0.15, 0.2) is 72.9 Å². The van der Waals surface area contributed by atoms with Crippen molar-refractivity contribution < 1.29 is 19.1 Å². The number of hydrogen-bond donors (Lipinski definition) is 2. The third-order valence-electron chi connectivity index (χ3n) is 10.7. The molecule has 2 aliphatic rings. The maximum absolute atomic E-state index is 11.6. The van der Waals surface area contributed by atoms with Crippen molar-refractivity contribution in [3.63, 3.8) is 0 Å². The first-order valence-corrected chi connectivity index (χ1v) is 19.0. The van der Waals surface area contributed by atoms with E-state index in [1.807, 2.05) is 53.3 Å². The number of aromatic nitrogens is 2. The molecule has 2 aliphatic heterocycles. The van der Waals surface area contributed by atoms with Crippen LogP contribution >= 0.6 is 23.2 Å². The highest BCUT2D eigenvalue weighted by Gasteiger charge is 2.22. The summed E-state index contributed by atoms with van der Waals surface area (Å²) in [4.78, 5) is 24.9. The summed E-state index contributed by atoms with van der Waals surface area (Å²) >= 11 is 14.1. The maximum atomic E-state index is 11.6. The number of benzene rings is 4. The van der Waals surface area contributed by atoms with Gasteiger partial charge in [0.15, 0.2) is 0 Å². The number of amides is 1. The molecule has 1 unspecified atom stereocenters. The Hall–Kier alpha value is -4.41. The average Bonchev–Trinajstić information content (AvgIpc) is 3.79. The Kier molecular flexibility index (Phi) is 11.7. The largest absolute Gasteiger partial charge is 0.496 e. The molecule has 276 valence electrons. The zero-order chi connectivity index (χ0) is 36.9. The second kappa shape index (κ2) is 16.7. The number of halogens is 2. The van der Waals surface area contributed by atoms with Gasteiger partial charge < -0.3 is 24.9 Å². The van der Waals surface area contributed by atoms with Crippen LogP contribution in [0.5, 0.6) is 11.5 Å². The van der Waals surface area contributed by atoms with Crippen molar-refractivity contribution in [2.24, 2.45) is 5.92 Å². The Morgan fingerprint density at radius 3 is 2.40 bits per heavy atom. The maximum Gasteiger partial charge on any atom is 0.220 e. The first kappa shape index (κ1) is 36.9. The van der Waals surface area contributed by atoms with E-state index in [9.17, 15) is 9.59 Å². The molecule has 1 atom stereocenters. The Morgan fingerprint density at radius 2 is 1.64 bits per heavy atom. The zero-order valence-electron chi connectivity index (χ0n) is 30.2. The summed E-state index contributed by atoms with van der Waals surface area (Å²) in [5.74, 6) is 2.18. The number of ether oxygens (including phenoxy) is 2. The van der Waals surface area contributed by atoms with E-state index in [2.05, 4.69) is 39.8 Å². The number of piperidine rings is 1. The molecule has 0 bridgehead atoms. The molecule has 11 heteroatoms. The van der Waals surface area contributed by atoms with E-state index < -0.39 is 0 Å². The van der Waals surface area contributed by atoms with E-state index in [-0.39, 0.29) is 11.9 Å². The van der Waals surface area contributed by atoms with Crippen LogP contribution in [0.3, 0.4) is 0 Å². The summed E-state index contributed by atoms with van der Waals surface area (Å²) in [5, 5.41) is 13.6. The number of carbonyl (C=O) groups is 2. The zero-order valence-corrected chi connectivity index (χ0v) is 31.7. The van der Waals surface area contributed by atoms with Crippen molar-refractivity contribution in [3.8, 4) is 33.8 Å². The van der Waals surface area contributed by atoms with Gasteiger partial charge in [-0.2, -0.15) is 5.10 Å². The number of nitrogens with one attached hydrogen (secondary N) is 2. The molecule has 2 saturated heterocycles. The highest BCUT2D eigenvalue weighted by Crippen LogP contribution is 2.41. The van der Waals surface area contributed by atoms with Crippen LogP contribution in [-0.4, -0.2) is 66.8 Å². The standard InChI is InChI=1S/C42H45Cl2N5O4/c1-52-39-20-28(9-10-29(39)22-45-23-32-11-12-41(51)47-32)33-5-3-7-35(42(33)44)34-6-4-8-38-36(34)24-46-49(38)26-30-21-40(53-2)31(19-37(30)43)25-48-16-13-27(14-17-48)15-18-50/h3-10,18-21,24,27,32,45H,11-17,22-23,25-26H2,1-2H3,(H,47,51). The summed E-state index contributed by atoms with van der Waals surface area (Å²) in [6, 6.07) is 22.6. The topological polar surface area (TPSA) is 97.7 Å². The Bertz CT molecular complexity index is 2110. The van der Waals surface area contributed by atoms with Crippen molar-refractivity contribution >= 4 is 46.3 Å². The summed E-state index contributed by atoms with van der Waals surface area (Å²) in [7, 11) is 3.37. The number of carbonyl (C=O) groups excluding carboxylic acids is 2. The first-order chi connectivity index (χ1) is 25.8. The van der Waals surface area contributed by atoms with Crippen LogP contribution < -0.4 is 20.1 Å². The molecule has 1 aromatic heterocycles. The summed E-state index contributed by atoms with van der Waals surface area (Å²) in [6.45, 7) is 4.48. The highest BCUT2D eigenvalue weighted by atomic mass is 35.5. The fourth-order valence-corrected chi connectivity index (χ4v) is 8.27. The van der Waals surface area contributed by atoms with Gasteiger partial charge in [0, 0.05) is 71.2 Å². The van der Waals surface area contributed by atoms with Gasteiger partial charge >= 0.3 is 0 Å². The smallest absolute Gasteiger partial charge is 0.220 e. The minimum atomic E-state index is 0.117. The molecule has 3 heterocycles. The van der Waals surface area contributed by atoms with Crippen molar-refractivity contribution in [2.45, 2.75) is 57.8 Å². The summed E-state index contributed by atoms with van der Waals surface area (Å²) in [6.07, 6.45) is 7.09. The van der Waals surface area contributed by atoms with Crippen molar-refractivity contribution in [1.29, 1.82) is 0 Å². The molecule has 53 heavy (non-hydrogen) atoms. The van der Waals surface area contributed by atoms with Gasteiger partial charge in [0.25, 0.3) is 0 Å². The molecule has 0 saturated carbocycles. The predicted molar refractivity (Wildman–Crippen MR) is 211 cm³/mol. The normalized spacial score (nSPS) is 16.6. The van der Waals surface area contributed by atoms with E-state index in [1.165, 1.54) is 0 Å². The molecular weight excluding hydrogens is 709 g/mol. The lowest BCUT2D eigenvalue weighted by Gasteiger charge is -2.31. The first-order valence-electron chi connectivity index (χ1n) is 18.3. The number of fused-ring (bicyclic) bond motifs is 1. The van der Waals surface area contributed by atoms with E-state index in [0.717, 1.165) is 107 Å². The molecule has 0 radical (unpaired) electrons. The fourth-order valence-electron chi connectivity index (χ4n) is 7.69. The molecule has 0 aliphatic carbocycles. The van der Waals surface area contributed by atoms with Crippen LogP contribution in [0.1, 0.15) is 48.8 Å². The lowest BCUT2D eigenvalue weighted by molar-refractivity contribution is -0.119. The van der Waals surface area contributed by atoms with Crippen molar-refractivity contribution in [1.82, 2.24) is 25.3 Å². The molecule has 9 nitrogen and oxygen atoms in total. The quantitative estimate of drug-likeness (QED) is 0.111. The third kappa shape index (κ3) is 8.24. The van der Waals surface area contributed by atoms with Gasteiger partial charge in [-0.05, 0) is 79.2 Å². The minimum Gasteiger partial charge on any atom is -0.496 e. The number of rotatable bonds is 14. The second-order valence-electron chi connectivity index (χ2n) is 14.0. The predicted octanol–water partition coefficient (Wildman–Crippen LogP) is 7.91. The van der Waals surface area contributed by atoms with Crippen molar-refractivity contribution in [2.75, 3.05) is 33.9 Å². The Morgan fingerprint density at radius 1 is 0.887 bits per heavy atom. The molecule has 4 aromatic carbocycles. The van der Waals surface area contributed by atoms with E-state index in [0.29, 0.717) is 48.4 Å². The number of likely N-dealkylation sites (tertiary alicyclic amines) is 1. The fraction of sp³-hybridized carbons (Fsp3) is 0.357. The van der Waals surface area contributed by atoms with Gasteiger partial charge in [-0.1, -0.05) is 65.7 Å². The van der Waals surface area contributed by atoms with Crippen molar-refractivity contribution in [3.05, 3.63) is 99.7 Å². The lowest BCUT2D eigenvalue weighted by atomic mass is 9.94. The number of aldehydes is 1. The third-order valence-corrected chi connectivity index (χ3v) is 11.4. The van der Waals surface area contributed by atoms with Gasteiger partial charge in [0.1, 0.15) is 17.8 Å². The minimum absolute atomic E-state index is 0.117. The Labute approximate surface area is 320 Å². The molecule has 0 spiro atoms. The van der Waals surface area contributed by atoms with Crippen LogP contribution in [-0.2, 0) is 29.2 Å². The van der Waals surface area contributed by atoms with E-state index in [1.54, 1.807) is 14.2 Å². The SMILES string of the molecule is COc1cc(-c2cccc(-c3cccc4c3cnn4Cc3cc(OC)c(CN4CCC(CC=O)CC4)cc3Cl)c2Cl)ccc1CNCC1CCC(=O)N1. The summed E-state index contributed by atoms with van der Waals surface area (Å²) < 4.78 is 13.6. The monoisotopic (exact) mass is 753 g/mol. The van der Waals surface area contributed by atoms with E-state index in [4.69, 9.17) is 37.8 Å².